The summed E-state index contributed by atoms with van der Waals surface area (Å²) in [5.74, 6) is 0. The molecule has 0 saturated heterocycles. The van der Waals surface area contributed by atoms with Gasteiger partial charge < -0.3 is 0 Å². The molecule has 0 aliphatic heterocycles. The second-order valence-electron chi connectivity index (χ2n) is 2.42. The second-order valence-corrected chi connectivity index (χ2v) is 2.42. The molecule has 0 amide bonds. The SMILES string of the molecule is C#[N+]C(=CC=CC)c1ccccn1. The molecule has 1 aromatic heterocycles. The van der Waals surface area contributed by atoms with E-state index in [4.69, 9.17) is 6.57 Å². The lowest BCUT2D eigenvalue weighted by Gasteiger charge is -1.86. The van der Waals surface area contributed by atoms with E-state index in [1.807, 2.05) is 43.4 Å². The molecule has 0 unspecified atom stereocenters. The van der Waals surface area contributed by atoms with E-state index in [2.05, 4.69) is 9.83 Å². The van der Waals surface area contributed by atoms with Crippen LogP contribution in [0.2, 0.25) is 0 Å². The molecule has 0 aliphatic rings. The Hall–Kier alpha value is -1.88. The minimum absolute atomic E-state index is 0.679. The van der Waals surface area contributed by atoms with Gasteiger partial charge in [-0.3, -0.25) is 0 Å². The van der Waals surface area contributed by atoms with Gasteiger partial charge in [0.25, 0.3) is 6.57 Å². The number of hydrogen-bond donors (Lipinski definition) is 0. The smallest absolute Gasteiger partial charge is 0.249 e. The number of nitrogens with zero attached hydrogens (tertiary/aromatic N) is 2. The maximum Gasteiger partial charge on any atom is 0.365 e. The summed E-state index contributed by atoms with van der Waals surface area (Å²) < 4.78 is 0. The number of allylic oxidation sites excluding steroid dienone is 3. The van der Waals surface area contributed by atoms with Gasteiger partial charge in [-0.15, -0.1) is 0 Å². The molecule has 13 heavy (non-hydrogen) atoms. The number of pyridine rings is 1. The molecular formula is C11H11N2+. The van der Waals surface area contributed by atoms with E-state index in [9.17, 15) is 0 Å². The summed E-state index contributed by atoms with van der Waals surface area (Å²) in [6.45, 7) is 7.16. The number of rotatable bonds is 2. The van der Waals surface area contributed by atoms with Crippen LogP contribution in [0.15, 0.2) is 42.6 Å². The third-order valence-corrected chi connectivity index (χ3v) is 1.51. The molecule has 0 N–H and O–H groups in total. The lowest BCUT2D eigenvalue weighted by atomic mass is 10.2. The normalized spacial score (nSPS) is 11.5. The number of hydrogen-bond acceptors (Lipinski definition) is 1. The van der Waals surface area contributed by atoms with Gasteiger partial charge >= 0.3 is 5.70 Å². The first kappa shape index (κ1) is 9.21. The summed E-state index contributed by atoms with van der Waals surface area (Å²) in [7, 11) is 0. The molecule has 64 valence electrons. The maximum atomic E-state index is 5.23. The molecule has 0 saturated carbocycles. The second kappa shape index (κ2) is 4.89. The van der Waals surface area contributed by atoms with E-state index in [1.54, 1.807) is 6.20 Å². The van der Waals surface area contributed by atoms with Crippen molar-refractivity contribution in [2.24, 2.45) is 0 Å². The van der Waals surface area contributed by atoms with Gasteiger partial charge in [0.2, 0.25) is 0 Å². The van der Waals surface area contributed by atoms with E-state index >= 15 is 0 Å². The van der Waals surface area contributed by atoms with Crippen molar-refractivity contribution < 1.29 is 0 Å². The fourth-order valence-corrected chi connectivity index (χ4v) is 0.896. The van der Waals surface area contributed by atoms with Crippen molar-refractivity contribution >= 4 is 5.70 Å². The van der Waals surface area contributed by atoms with Crippen molar-refractivity contribution in [1.29, 1.82) is 0 Å². The van der Waals surface area contributed by atoms with Crippen molar-refractivity contribution in [3.8, 4) is 6.57 Å². The molecule has 0 radical (unpaired) electrons. The van der Waals surface area contributed by atoms with Gasteiger partial charge in [-0.1, -0.05) is 18.2 Å². The van der Waals surface area contributed by atoms with Gasteiger partial charge in [0.05, 0.1) is 0 Å². The highest BCUT2D eigenvalue weighted by molar-refractivity contribution is 5.69. The summed E-state index contributed by atoms with van der Waals surface area (Å²) in [5.41, 5.74) is 1.46. The molecule has 0 fully saturated rings. The zero-order valence-electron chi connectivity index (χ0n) is 7.51. The summed E-state index contributed by atoms with van der Waals surface area (Å²) in [6.07, 6.45) is 7.32. The lowest BCUT2D eigenvalue weighted by molar-refractivity contribution is 1.28. The first-order chi connectivity index (χ1) is 6.38. The summed E-state index contributed by atoms with van der Waals surface area (Å²) in [5, 5.41) is 0. The molecule has 1 heterocycles. The van der Waals surface area contributed by atoms with E-state index in [0.29, 0.717) is 5.70 Å². The predicted molar refractivity (Wildman–Crippen MR) is 55.3 cm³/mol. The van der Waals surface area contributed by atoms with Gasteiger partial charge in [0.1, 0.15) is 0 Å². The fourth-order valence-electron chi connectivity index (χ4n) is 0.896. The molecular weight excluding hydrogens is 160 g/mol. The summed E-state index contributed by atoms with van der Waals surface area (Å²) in [4.78, 5) is 7.77. The third kappa shape index (κ3) is 2.57. The topological polar surface area (TPSA) is 17.2 Å². The predicted octanol–water partition coefficient (Wildman–Crippen LogP) is 2.96. The minimum Gasteiger partial charge on any atom is -0.249 e. The lowest BCUT2D eigenvalue weighted by Crippen LogP contribution is -1.82. The molecule has 0 atom stereocenters. The Morgan fingerprint density at radius 3 is 2.92 bits per heavy atom. The Labute approximate surface area is 78.1 Å². The molecule has 2 nitrogen and oxygen atoms in total. The van der Waals surface area contributed by atoms with Crippen LogP contribution in [0.25, 0.3) is 10.5 Å². The molecule has 2 heteroatoms. The van der Waals surface area contributed by atoms with E-state index in [0.717, 1.165) is 5.69 Å². The largest absolute Gasteiger partial charge is 0.365 e. The Morgan fingerprint density at radius 2 is 2.38 bits per heavy atom. The van der Waals surface area contributed by atoms with Crippen LogP contribution in [0.5, 0.6) is 0 Å². The van der Waals surface area contributed by atoms with Crippen LogP contribution in [0.4, 0.5) is 0 Å². The van der Waals surface area contributed by atoms with Crippen molar-refractivity contribution in [1.82, 2.24) is 4.98 Å². The monoisotopic (exact) mass is 171 g/mol. The number of aromatic nitrogens is 1. The quantitative estimate of drug-likeness (QED) is 0.625. The Bertz CT molecular complexity index is 355. The van der Waals surface area contributed by atoms with E-state index in [1.165, 1.54) is 0 Å². The van der Waals surface area contributed by atoms with Crippen LogP contribution in [-0.2, 0) is 0 Å². The highest BCUT2D eigenvalue weighted by Gasteiger charge is 2.08. The zero-order valence-corrected chi connectivity index (χ0v) is 7.51. The van der Waals surface area contributed by atoms with Crippen molar-refractivity contribution in [3.05, 3.63) is 53.2 Å². The average molecular weight is 171 g/mol. The highest BCUT2D eigenvalue weighted by Crippen LogP contribution is 2.11. The van der Waals surface area contributed by atoms with E-state index < -0.39 is 0 Å². The van der Waals surface area contributed by atoms with Crippen LogP contribution >= 0.6 is 0 Å². The van der Waals surface area contributed by atoms with Crippen LogP contribution in [0, 0.1) is 6.57 Å². The van der Waals surface area contributed by atoms with Crippen LogP contribution in [0.3, 0.4) is 0 Å². The maximum absolute atomic E-state index is 5.23. The molecule has 0 bridgehead atoms. The Morgan fingerprint density at radius 1 is 1.54 bits per heavy atom. The molecule has 1 aromatic rings. The van der Waals surface area contributed by atoms with Crippen molar-refractivity contribution in [2.75, 3.05) is 0 Å². The first-order valence-corrected chi connectivity index (χ1v) is 4.03. The van der Waals surface area contributed by atoms with Gasteiger partial charge in [0.15, 0.2) is 5.69 Å². The Balaban J connectivity index is 3.00. The molecule has 1 rings (SSSR count). The molecule has 0 aromatic carbocycles. The van der Waals surface area contributed by atoms with Gasteiger partial charge in [0, 0.05) is 12.3 Å². The third-order valence-electron chi connectivity index (χ3n) is 1.51. The molecule has 0 aliphatic carbocycles. The summed E-state index contributed by atoms with van der Waals surface area (Å²) in [6, 6.07) is 5.62. The highest BCUT2D eigenvalue weighted by atomic mass is 14.8. The van der Waals surface area contributed by atoms with E-state index in [-0.39, 0.29) is 0 Å². The van der Waals surface area contributed by atoms with Crippen molar-refractivity contribution in [2.45, 2.75) is 6.92 Å². The van der Waals surface area contributed by atoms with Crippen LogP contribution in [-0.4, -0.2) is 4.98 Å². The standard InChI is InChI=1S/C11H11N2/c1-3-4-7-10(12-2)11-8-5-6-9-13-11/h2-9H,1H3/q+1. The zero-order chi connectivity index (χ0) is 9.52. The minimum atomic E-state index is 0.679. The van der Waals surface area contributed by atoms with Gasteiger partial charge in [-0.05, 0) is 23.9 Å². The first-order valence-electron chi connectivity index (χ1n) is 4.03. The van der Waals surface area contributed by atoms with Gasteiger partial charge in [-0.2, -0.15) is 0 Å². The van der Waals surface area contributed by atoms with Gasteiger partial charge in [-0.25, -0.2) is 4.98 Å². The Kier molecular flexibility index (Phi) is 3.46. The van der Waals surface area contributed by atoms with Crippen LogP contribution in [0.1, 0.15) is 12.6 Å². The van der Waals surface area contributed by atoms with Crippen LogP contribution < -0.4 is 0 Å². The fraction of sp³-hybridized carbons (Fsp3) is 0.0909. The average Bonchev–Trinajstić information content (AvgIpc) is 2.21. The van der Waals surface area contributed by atoms with Crippen molar-refractivity contribution in [3.63, 3.8) is 0 Å². The molecule has 0 spiro atoms. The summed E-state index contributed by atoms with van der Waals surface area (Å²) >= 11 is 0.